The third kappa shape index (κ3) is 4.13. The molecule has 1 amide bonds. The third-order valence-electron chi connectivity index (χ3n) is 2.82. The highest BCUT2D eigenvalue weighted by molar-refractivity contribution is 7.89. The maximum Gasteiger partial charge on any atom is 0.276 e. The van der Waals surface area contributed by atoms with Gasteiger partial charge in [-0.05, 0) is 35.6 Å². The van der Waals surface area contributed by atoms with Crippen molar-refractivity contribution in [2.45, 2.75) is 24.7 Å². The topological polar surface area (TPSA) is 75.3 Å². The lowest BCUT2D eigenvalue weighted by Crippen LogP contribution is -2.41. The summed E-state index contributed by atoms with van der Waals surface area (Å²) in [5, 5.41) is 1.75. The molecular weight excluding hydrogens is 308 g/mol. The fraction of sp³-hybridized carbons (Fsp3) is 0.214. The summed E-state index contributed by atoms with van der Waals surface area (Å²) in [6.07, 6.45) is 1.91. The van der Waals surface area contributed by atoms with Gasteiger partial charge in [-0.15, -0.1) is 16.2 Å². The molecule has 0 aliphatic carbocycles. The number of nitrogens with one attached hydrogen (secondary N) is 2. The minimum atomic E-state index is -3.76. The van der Waals surface area contributed by atoms with Crippen LogP contribution in [0.15, 0.2) is 46.7 Å². The van der Waals surface area contributed by atoms with Crippen molar-refractivity contribution in [2.24, 2.45) is 0 Å². The van der Waals surface area contributed by atoms with Gasteiger partial charge in [0.25, 0.3) is 15.9 Å². The summed E-state index contributed by atoms with van der Waals surface area (Å²) < 4.78 is 24.1. The number of hydrogen-bond acceptors (Lipinski definition) is 4. The first-order chi connectivity index (χ1) is 10.0. The van der Waals surface area contributed by atoms with E-state index in [1.165, 1.54) is 23.5 Å². The Balaban J connectivity index is 2.02. The van der Waals surface area contributed by atoms with Gasteiger partial charge in [0.2, 0.25) is 0 Å². The molecule has 0 aliphatic heterocycles. The number of amides is 1. The van der Waals surface area contributed by atoms with E-state index >= 15 is 0 Å². The van der Waals surface area contributed by atoms with E-state index in [4.69, 9.17) is 0 Å². The molecule has 2 rings (SSSR count). The molecule has 0 fully saturated rings. The lowest BCUT2D eigenvalue weighted by Gasteiger charge is -2.08. The van der Waals surface area contributed by atoms with E-state index in [0.29, 0.717) is 4.88 Å². The second kappa shape index (κ2) is 6.84. The van der Waals surface area contributed by atoms with Crippen molar-refractivity contribution in [3.05, 3.63) is 52.2 Å². The Morgan fingerprint density at radius 3 is 2.48 bits per heavy atom. The molecule has 1 aromatic heterocycles. The predicted molar refractivity (Wildman–Crippen MR) is 82.5 cm³/mol. The lowest BCUT2D eigenvalue weighted by molar-refractivity contribution is 0.0949. The van der Waals surface area contributed by atoms with Crippen LogP contribution in [-0.2, 0) is 16.4 Å². The second-order valence-electron chi connectivity index (χ2n) is 4.43. The number of hydrogen-bond donors (Lipinski definition) is 2. The van der Waals surface area contributed by atoms with Gasteiger partial charge in [0.1, 0.15) is 0 Å². The van der Waals surface area contributed by atoms with Crippen LogP contribution in [0.25, 0.3) is 0 Å². The summed E-state index contributed by atoms with van der Waals surface area (Å²) in [5.74, 6) is -0.476. The average molecular weight is 324 g/mol. The van der Waals surface area contributed by atoms with Crippen LogP contribution >= 0.6 is 11.3 Å². The molecule has 2 N–H and O–H groups in total. The first-order valence-electron chi connectivity index (χ1n) is 6.47. The summed E-state index contributed by atoms with van der Waals surface area (Å²) in [5.41, 5.74) is 3.28. The number of thiophene rings is 1. The molecule has 7 heteroatoms. The van der Waals surface area contributed by atoms with Crippen LogP contribution in [0.3, 0.4) is 0 Å². The normalized spacial score (nSPS) is 11.3. The van der Waals surface area contributed by atoms with Gasteiger partial charge >= 0.3 is 0 Å². The van der Waals surface area contributed by atoms with Crippen molar-refractivity contribution in [3.8, 4) is 0 Å². The SMILES string of the molecule is CCCc1ccc(S(=O)(=O)NNC(=O)c2cccs2)cc1. The Labute approximate surface area is 128 Å². The van der Waals surface area contributed by atoms with E-state index in [-0.39, 0.29) is 4.90 Å². The molecule has 0 spiro atoms. The fourth-order valence-electron chi connectivity index (χ4n) is 1.77. The molecule has 0 saturated heterocycles. The molecule has 0 bridgehead atoms. The largest absolute Gasteiger partial charge is 0.276 e. The first-order valence-corrected chi connectivity index (χ1v) is 8.84. The Morgan fingerprint density at radius 1 is 1.19 bits per heavy atom. The second-order valence-corrected chi connectivity index (χ2v) is 7.06. The lowest BCUT2D eigenvalue weighted by atomic mass is 10.1. The summed E-state index contributed by atoms with van der Waals surface area (Å²) >= 11 is 1.24. The quantitative estimate of drug-likeness (QED) is 0.801. The number of carbonyl (C=O) groups excluding carboxylic acids is 1. The highest BCUT2D eigenvalue weighted by Gasteiger charge is 2.15. The van der Waals surface area contributed by atoms with Crippen LogP contribution < -0.4 is 10.3 Å². The standard InChI is InChI=1S/C14H16N2O3S2/c1-2-4-11-6-8-12(9-7-11)21(18,19)16-15-14(17)13-5-3-10-20-13/h3,5-10,16H,2,4H2,1H3,(H,15,17). The van der Waals surface area contributed by atoms with Crippen molar-refractivity contribution in [3.63, 3.8) is 0 Å². The zero-order valence-corrected chi connectivity index (χ0v) is 13.1. The maximum absolute atomic E-state index is 12.1. The number of carbonyl (C=O) groups is 1. The molecule has 0 saturated carbocycles. The van der Waals surface area contributed by atoms with Gasteiger partial charge < -0.3 is 0 Å². The van der Waals surface area contributed by atoms with Gasteiger partial charge in [-0.1, -0.05) is 31.5 Å². The number of benzene rings is 1. The number of sulfonamides is 1. The molecular formula is C14H16N2O3S2. The zero-order chi connectivity index (χ0) is 15.3. The van der Waals surface area contributed by atoms with E-state index in [0.717, 1.165) is 18.4 Å². The van der Waals surface area contributed by atoms with Crippen LogP contribution in [-0.4, -0.2) is 14.3 Å². The van der Waals surface area contributed by atoms with Crippen molar-refractivity contribution in [1.29, 1.82) is 0 Å². The van der Waals surface area contributed by atoms with Gasteiger partial charge in [0.15, 0.2) is 0 Å². The minimum Gasteiger partial charge on any atom is -0.273 e. The van der Waals surface area contributed by atoms with E-state index in [2.05, 4.69) is 17.2 Å². The first kappa shape index (κ1) is 15.7. The molecule has 21 heavy (non-hydrogen) atoms. The van der Waals surface area contributed by atoms with E-state index < -0.39 is 15.9 Å². The molecule has 5 nitrogen and oxygen atoms in total. The van der Waals surface area contributed by atoms with E-state index in [1.54, 1.807) is 29.6 Å². The Morgan fingerprint density at radius 2 is 1.90 bits per heavy atom. The zero-order valence-electron chi connectivity index (χ0n) is 11.5. The van der Waals surface area contributed by atoms with E-state index in [1.807, 2.05) is 0 Å². The third-order valence-corrected chi connectivity index (χ3v) is 4.95. The Hall–Kier alpha value is -1.70. The highest BCUT2D eigenvalue weighted by atomic mass is 32.2. The summed E-state index contributed by atoms with van der Waals surface area (Å²) in [7, 11) is -3.76. The summed E-state index contributed by atoms with van der Waals surface area (Å²) in [4.78, 5) is 14.3. The van der Waals surface area contributed by atoms with Crippen molar-refractivity contribution >= 4 is 27.3 Å². The number of hydrazine groups is 1. The highest BCUT2D eigenvalue weighted by Crippen LogP contribution is 2.12. The molecule has 0 radical (unpaired) electrons. The fourth-order valence-corrected chi connectivity index (χ4v) is 3.22. The predicted octanol–water partition coefficient (Wildman–Crippen LogP) is 2.32. The van der Waals surface area contributed by atoms with Crippen molar-refractivity contribution in [1.82, 2.24) is 10.3 Å². The minimum absolute atomic E-state index is 0.119. The van der Waals surface area contributed by atoms with Gasteiger partial charge in [0.05, 0.1) is 9.77 Å². The van der Waals surface area contributed by atoms with Gasteiger partial charge in [-0.3, -0.25) is 10.2 Å². The average Bonchev–Trinajstić information content (AvgIpc) is 3.00. The van der Waals surface area contributed by atoms with Crippen LogP contribution in [0.2, 0.25) is 0 Å². The van der Waals surface area contributed by atoms with Gasteiger partial charge in [-0.25, -0.2) is 8.42 Å². The van der Waals surface area contributed by atoms with Crippen LogP contribution in [0.4, 0.5) is 0 Å². The van der Waals surface area contributed by atoms with Crippen LogP contribution in [0, 0.1) is 0 Å². The molecule has 1 heterocycles. The Kier molecular flexibility index (Phi) is 5.11. The number of aryl methyl sites for hydroxylation is 1. The smallest absolute Gasteiger partial charge is 0.273 e. The van der Waals surface area contributed by atoms with Crippen LogP contribution in [0.1, 0.15) is 28.6 Å². The molecule has 1 aromatic carbocycles. The molecule has 0 atom stereocenters. The summed E-state index contributed by atoms with van der Waals surface area (Å²) in [6, 6.07) is 9.96. The molecule has 0 aliphatic rings. The molecule has 112 valence electrons. The van der Waals surface area contributed by atoms with Crippen molar-refractivity contribution < 1.29 is 13.2 Å². The van der Waals surface area contributed by atoms with Gasteiger partial charge in [0, 0.05) is 0 Å². The summed E-state index contributed by atoms with van der Waals surface area (Å²) in [6.45, 7) is 2.06. The number of rotatable bonds is 6. The molecule has 2 aromatic rings. The van der Waals surface area contributed by atoms with Crippen molar-refractivity contribution in [2.75, 3.05) is 0 Å². The maximum atomic E-state index is 12.1. The Bertz CT molecular complexity index is 692. The monoisotopic (exact) mass is 324 g/mol. The van der Waals surface area contributed by atoms with Gasteiger partial charge in [-0.2, -0.15) is 0 Å². The van der Waals surface area contributed by atoms with E-state index in [9.17, 15) is 13.2 Å². The van der Waals surface area contributed by atoms with Crippen LogP contribution in [0.5, 0.6) is 0 Å². The molecule has 0 unspecified atom stereocenters.